The SMILES string of the molecule is NN1CCNC2(CCC2)C1. The highest BCUT2D eigenvalue weighted by Crippen LogP contribution is 2.33. The minimum absolute atomic E-state index is 0.424. The molecule has 2 rings (SSSR count). The summed E-state index contributed by atoms with van der Waals surface area (Å²) in [4.78, 5) is 0. The van der Waals surface area contributed by atoms with Crippen molar-refractivity contribution in [2.45, 2.75) is 24.8 Å². The fraction of sp³-hybridized carbons (Fsp3) is 1.00. The molecule has 1 aliphatic carbocycles. The minimum atomic E-state index is 0.424. The van der Waals surface area contributed by atoms with Gasteiger partial charge in [-0.1, -0.05) is 0 Å². The number of nitrogens with zero attached hydrogens (tertiary/aromatic N) is 1. The summed E-state index contributed by atoms with van der Waals surface area (Å²) < 4.78 is 0. The van der Waals surface area contributed by atoms with Crippen molar-refractivity contribution in [3.8, 4) is 0 Å². The lowest BCUT2D eigenvalue weighted by Gasteiger charge is -2.48. The van der Waals surface area contributed by atoms with Gasteiger partial charge in [0.05, 0.1) is 0 Å². The molecule has 58 valence electrons. The monoisotopic (exact) mass is 141 g/mol. The molecule has 1 heterocycles. The zero-order valence-corrected chi connectivity index (χ0v) is 6.27. The summed E-state index contributed by atoms with van der Waals surface area (Å²) in [5.41, 5.74) is 0.424. The molecule has 10 heavy (non-hydrogen) atoms. The Morgan fingerprint density at radius 2 is 2.20 bits per heavy atom. The molecule has 3 nitrogen and oxygen atoms in total. The van der Waals surface area contributed by atoms with Gasteiger partial charge in [-0.2, -0.15) is 0 Å². The predicted molar refractivity (Wildman–Crippen MR) is 40.3 cm³/mol. The van der Waals surface area contributed by atoms with Crippen molar-refractivity contribution in [2.24, 2.45) is 5.84 Å². The van der Waals surface area contributed by atoms with E-state index in [9.17, 15) is 0 Å². The van der Waals surface area contributed by atoms with Gasteiger partial charge in [-0.3, -0.25) is 5.84 Å². The Morgan fingerprint density at radius 1 is 1.40 bits per heavy atom. The van der Waals surface area contributed by atoms with E-state index in [1.165, 1.54) is 19.3 Å². The number of hydrogen-bond acceptors (Lipinski definition) is 3. The van der Waals surface area contributed by atoms with E-state index in [1.54, 1.807) is 0 Å². The third-order valence-electron chi connectivity index (χ3n) is 2.72. The molecule has 2 aliphatic rings. The van der Waals surface area contributed by atoms with Crippen LogP contribution in [0.1, 0.15) is 19.3 Å². The quantitative estimate of drug-likeness (QED) is 0.455. The van der Waals surface area contributed by atoms with E-state index in [0.717, 1.165) is 19.6 Å². The molecule has 2 fully saturated rings. The van der Waals surface area contributed by atoms with Crippen molar-refractivity contribution in [1.82, 2.24) is 10.3 Å². The lowest BCUT2D eigenvalue weighted by Crippen LogP contribution is -2.65. The average molecular weight is 141 g/mol. The number of nitrogens with two attached hydrogens (primary N) is 1. The van der Waals surface area contributed by atoms with Crippen molar-refractivity contribution in [3.63, 3.8) is 0 Å². The van der Waals surface area contributed by atoms with Gasteiger partial charge >= 0.3 is 0 Å². The highest BCUT2D eigenvalue weighted by atomic mass is 15.4. The molecule has 0 bridgehead atoms. The zero-order valence-electron chi connectivity index (χ0n) is 6.27. The maximum Gasteiger partial charge on any atom is 0.0323 e. The van der Waals surface area contributed by atoms with E-state index in [2.05, 4.69) is 5.32 Å². The van der Waals surface area contributed by atoms with Crippen LogP contribution in [-0.4, -0.2) is 30.2 Å². The average Bonchev–Trinajstić information content (AvgIpc) is 1.85. The van der Waals surface area contributed by atoms with Crippen LogP contribution in [0.25, 0.3) is 0 Å². The van der Waals surface area contributed by atoms with Crippen LogP contribution in [0.5, 0.6) is 0 Å². The van der Waals surface area contributed by atoms with Crippen LogP contribution in [0.3, 0.4) is 0 Å². The van der Waals surface area contributed by atoms with Gasteiger partial charge in [0, 0.05) is 25.2 Å². The number of piperazine rings is 1. The number of hydrogen-bond donors (Lipinski definition) is 2. The Kier molecular flexibility index (Phi) is 1.44. The van der Waals surface area contributed by atoms with E-state index in [0.29, 0.717) is 5.54 Å². The lowest BCUT2D eigenvalue weighted by molar-refractivity contribution is 0.0715. The molecule has 0 atom stereocenters. The van der Waals surface area contributed by atoms with Gasteiger partial charge in [0.15, 0.2) is 0 Å². The molecular formula is C7H15N3. The molecule has 3 heteroatoms. The molecule has 1 saturated heterocycles. The Labute approximate surface area is 61.5 Å². The molecule has 1 aliphatic heterocycles. The summed E-state index contributed by atoms with van der Waals surface area (Å²) in [6.07, 6.45) is 4.02. The number of hydrazine groups is 1. The van der Waals surface area contributed by atoms with Gasteiger partial charge in [-0.25, -0.2) is 5.01 Å². The number of nitrogens with one attached hydrogen (secondary N) is 1. The molecule has 0 radical (unpaired) electrons. The third kappa shape index (κ3) is 0.944. The van der Waals surface area contributed by atoms with Crippen molar-refractivity contribution < 1.29 is 0 Å². The molecule has 3 N–H and O–H groups in total. The maximum absolute atomic E-state index is 5.71. The van der Waals surface area contributed by atoms with Gasteiger partial charge in [0.1, 0.15) is 0 Å². The largest absolute Gasteiger partial charge is 0.309 e. The van der Waals surface area contributed by atoms with Gasteiger partial charge < -0.3 is 5.32 Å². The Hall–Kier alpha value is -0.120. The maximum atomic E-state index is 5.71. The fourth-order valence-corrected chi connectivity index (χ4v) is 1.93. The molecule has 0 aromatic heterocycles. The Balaban J connectivity index is 1.96. The van der Waals surface area contributed by atoms with Crippen molar-refractivity contribution in [3.05, 3.63) is 0 Å². The first-order valence-electron chi connectivity index (χ1n) is 4.05. The first-order chi connectivity index (χ1) is 4.81. The van der Waals surface area contributed by atoms with Gasteiger partial charge in [0.25, 0.3) is 0 Å². The molecular weight excluding hydrogens is 126 g/mol. The highest BCUT2D eigenvalue weighted by Gasteiger charge is 2.39. The second kappa shape index (κ2) is 2.19. The van der Waals surface area contributed by atoms with Gasteiger partial charge in [-0.15, -0.1) is 0 Å². The van der Waals surface area contributed by atoms with Crippen LogP contribution >= 0.6 is 0 Å². The Morgan fingerprint density at radius 3 is 2.60 bits per heavy atom. The minimum Gasteiger partial charge on any atom is -0.309 e. The van der Waals surface area contributed by atoms with E-state index < -0.39 is 0 Å². The summed E-state index contributed by atoms with van der Waals surface area (Å²) in [5, 5.41) is 5.48. The first kappa shape index (κ1) is 6.58. The summed E-state index contributed by atoms with van der Waals surface area (Å²) in [6.45, 7) is 3.12. The smallest absolute Gasteiger partial charge is 0.0323 e. The van der Waals surface area contributed by atoms with Crippen LogP contribution in [0.2, 0.25) is 0 Å². The molecule has 0 amide bonds. The highest BCUT2D eigenvalue weighted by molar-refractivity contribution is 4.99. The summed E-state index contributed by atoms with van der Waals surface area (Å²) >= 11 is 0. The van der Waals surface area contributed by atoms with Crippen LogP contribution in [-0.2, 0) is 0 Å². The predicted octanol–water partition coefficient (Wildman–Crippen LogP) is -0.312. The van der Waals surface area contributed by atoms with E-state index in [-0.39, 0.29) is 0 Å². The van der Waals surface area contributed by atoms with E-state index >= 15 is 0 Å². The molecule has 0 unspecified atom stereocenters. The summed E-state index contributed by atoms with van der Waals surface area (Å²) in [7, 11) is 0. The van der Waals surface area contributed by atoms with Crippen molar-refractivity contribution in [1.29, 1.82) is 0 Å². The third-order valence-corrected chi connectivity index (χ3v) is 2.72. The van der Waals surface area contributed by atoms with Crippen molar-refractivity contribution >= 4 is 0 Å². The second-order valence-corrected chi connectivity index (χ2v) is 3.53. The molecule has 0 aromatic rings. The van der Waals surface area contributed by atoms with Crippen LogP contribution < -0.4 is 11.2 Å². The molecule has 1 spiro atoms. The second-order valence-electron chi connectivity index (χ2n) is 3.53. The van der Waals surface area contributed by atoms with Crippen LogP contribution in [0.4, 0.5) is 0 Å². The summed E-state index contributed by atoms with van der Waals surface area (Å²) in [6, 6.07) is 0. The Bertz CT molecular complexity index is 131. The van der Waals surface area contributed by atoms with E-state index in [4.69, 9.17) is 5.84 Å². The normalized spacial score (nSPS) is 32.1. The fourth-order valence-electron chi connectivity index (χ4n) is 1.93. The standard InChI is InChI=1S/C7H15N3/c8-10-5-4-9-7(6-10)2-1-3-7/h9H,1-6,8H2. The summed E-state index contributed by atoms with van der Waals surface area (Å²) in [5.74, 6) is 5.71. The van der Waals surface area contributed by atoms with E-state index in [1.807, 2.05) is 5.01 Å². The van der Waals surface area contributed by atoms with Crippen molar-refractivity contribution in [2.75, 3.05) is 19.6 Å². The van der Waals surface area contributed by atoms with Crippen LogP contribution in [0, 0.1) is 0 Å². The van der Waals surface area contributed by atoms with Gasteiger partial charge in [-0.05, 0) is 19.3 Å². The molecule has 1 saturated carbocycles. The van der Waals surface area contributed by atoms with Gasteiger partial charge in [0.2, 0.25) is 0 Å². The number of rotatable bonds is 0. The van der Waals surface area contributed by atoms with Crippen LogP contribution in [0.15, 0.2) is 0 Å². The topological polar surface area (TPSA) is 41.3 Å². The first-order valence-corrected chi connectivity index (χ1v) is 4.05. The molecule has 0 aromatic carbocycles. The lowest BCUT2D eigenvalue weighted by atomic mass is 9.75. The zero-order chi connectivity index (χ0) is 7.03.